The van der Waals surface area contributed by atoms with E-state index >= 15 is 0 Å². The Bertz CT molecular complexity index is 1640. The van der Waals surface area contributed by atoms with Crippen LogP contribution in [0.1, 0.15) is 68.1 Å². The standard InChI is InChI=1S/C34H44ClN5O7S/c1-3-6-27(31(41)33-38-26-7-4-5-8-30(26)47-33)37-32(42)29-19-25(46-21-23-9-12-24(35)13-10-23)20-40(29)34(43)28(39-48(2,44)45)14-11-22-15-17-36-18-16-22/h4-5,7-10,12-13,22,25,27-29,36,39H,3,6,11,14-21H2,1-2H3,(H,37,42)/t25-,27+,28-,29+/m1/s1. The third kappa shape index (κ3) is 9.63. The zero-order valence-electron chi connectivity index (χ0n) is 27.3. The summed E-state index contributed by atoms with van der Waals surface area (Å²) >= 11 is 6.03. The first-order valence-electron chi connectivity index (χ1n) is 16.6. The smallest absolute Gasteiger partial charge is 0.266 e. The predicted molar refractivity (Wildman–Crippen MR) is 182 cm³/mol. The van der Waals surface area contributed by atoms with Crippen LogP contribution in [0.15, 0.2) is 52.9 Å². The summed E-state index contributed by atoms with van der Waals surface area (Å²) in [5.41, 5.74) is 1.87. The number of carbonyl (C=O) groups is 3. The second kappa shape index (κ2) is 16.4. The monoisotopic (exact) mass is 701 g/mol. The van der Waals surface area contributed by atoms with E-state index in [1.807, 2.05) is 19.1 Å². The van der Waals surface area contributed by atoms with Crippen molar-refractivity contribution in [3.63, 3.8) is 0 Å². The average Bonchev–Trinajstić information content (AvgIpc) is 3.70. The number of aromatic nitrogens is 1. The number of para-hydroxylation sites is 2. The number of amides is 2. The summed E-state index contributed by atoms with van der Waals surface area (Å²) in [6.07, 6.45) is 4.46. The van der Waals surface area contributed by atoms with E-state index in [4.69, 9.17) is 20.8 Å². The number of carbonyl (C=O) groups excluding carboxylic acids is 3. The molecule has 1 aromatic heterocycles. The van der Waals surface area contributed by atoms with E-state index in [2.05, 4.69) is 20.3 Å². The fourth-order valence-electron chi connectivity index (χ4n) is 6.42. The molecule has 2 aliphatic rings. The van der Waals surface area contributed by atoms with E-state index in [1.165, 1.54) is 4.90 Å². The maximum atomic E-state index is 14.2. The number of likely N-dealkylation sites (tertiary alicyclic amines) is 1. The SMILES string of the molecule is CCC[C@H](NC(=O)[C@@H]1C[C@@H](OCc2ccc(Cl)cc2)CN1C(=O)[C@@H](CCC1CCNCC1)NS(C)(=O)=O)C(=O)c1nc2ccccc2o1. The van der Waals surface area contributed by atoms with Crippen LogP contribution in [0.2, 0.25) is 5.02 Å². The Morgan fingerprint density at radius 1 is 1.08 bits per heavy atom. The Morgan fingerprint density at radius 2 is 1.81 bits per heavy atom. The van der Waals surface area contributed by atoms with Gasteiger partial charge in [-0.1, -0.05) is 49.2 Å². The van der Waals surface area contributed by atoms with Crippen molar-refractivity contribution in [2.45, 2.75) is 82.7 Å². The second-order valence-corrected chi connectivity index (χ2v) is 14.9. The number of hydrogen-bond acceptors (Lipinski definition) is 9. The number of oxazole rings is 1. The highest BCUT2D eigenvalue weighted by Gasteiger charge is 2.44. The minimum Gasteiger partial charge on any atom is -0.434 e. The molecule has 2 aliphatic heterocycles. The van der Waals surface area contributed by atoms with Gasteiger partial charge in [-0.15, -0.1) is 0 Å². The van der Waals surface area contributed by atoms with Crippen molar-refractivity contribution in [2.75, 3.05) is 25.9 Å². The molecule has 2 fully saturated rings. The molecule has 4 atom stereocenters. The molecule has 5 rings (SSSR count). The second-order valence-electron chi connectivity index (χ2n) is 12.7. The lowest BCUT2D eigenvalue weighted by atomic mass is 9.91. The van der Waals surface area contributed by atoms with E-state index in [-0.39, 0.29) is 25.5 Å². The fourth-order valence-corrected chi connectivity index (χ4v) is 7.28. The van der Waals surface area contributed by atoms with Gasteiger partial charge in [-0.25, -0.2) is 18.1 Å². The van der Waals surface area contributed by atoms with Gasteiger partial charge in [0.25, 0.3) is 5.89 Å². The molecule has 3 aromatic rings. The summed E-state index contributed by atoms with van der Waals surface area (Å²) in [7, 11) is -3.75. The molecular formula is C34H44ClN5O7S. The number of halogens is 1. The van der Waals surface area contributed by atoms with E-state index in [0.717, 1.165) is 37.8 Å². The number of ether oxygens (including phenoxy) is 1. The topological polar surface area (TPSA) is 160 Å². The highest BCUT2D eigenvalue weighted by molar-refractivity contribution is 7.88. The van der Waals surface area contributed by atoms with Crippen molar-refractivity contribution < 1.29 is 32.0 Å². The molecule has 2 amide bonds. The Morgan fingerprint density at radius 3 is 2.50 bits per heavy atom. The van der Waals surface area contributed by atoms with Crippen LogP contribution in [-0.2, 0) is 31.0 Å². The quantitative estimate of drug-likeness (QED) is 0.200. The summed E-state index contributed by atoms with van der Waals surface area (Å²) in [6, 6.07) is 11.2. The Hall–Kier alpha value is -3.36. The summed E-state index contributed by atoms with van der Waals surface area (Å²) in [5.74, 6) is -1.23. The number of nitrogens with one attached hydrogen (secondary N) is 3. The fraction of sp³-hybridized carbons (Fsp3) is 0.529. The largest absolute Gasteiger partial charge is 0.434 e. The van der Waals surface area contributed by atoms with Crippen molar-refractivity contribution in [1.29, 1.82) is 0 Å². The van der Waals surface area contributed by atoms with E-state index < -0.39 is 51.9 Å². The first kappa shape index (κ1) is 35.9. The van der Waals surface area contributed by atoms with Crippen LogP contribution in [-0.4, -0.2) is 86.0 Å². The van der Waals surface area contributed by atoms with Crippen LogP contribution in [0.5, 0.6) is 0 Å². The minimum absolute atomic E-state index is 0.0807. The first-order chi connectivity index (χ1) is 23.0. The molecule has 2 aromatic carbocycles. The molecule has 0 aliphatic carbocycles. The van der Waals surface area contributed by atoms with Gasteiger partial charge in [-0.3, -0.25) is 14.4 Å². The molecule has 48 heavy (non-hydrogen) atoms. The maximum Gasteiger partial charge on any atom is 0.266 e. The van der Waals surface area contributed by atoms with Gasteiger partial charge < -0.3 is 24.7 Å². The number of piperidine rings is 1. The summed E-state index contributed by atoms with van der Waals surface area (Å²) in [5, 5.41) is 6.78. The summed E-state index contributed by atoms with van der Waals surface area (Å²) in [6.45, 7) is 3.97. The number of rotatable bonds is 15. The van der Waals surface area contributed by atoms with Crippen LogP contribution >= 0.6 is 11.6 Å². The lowest BCUT2D eigenvalue weighted by molar-refractivity contribution is -0.140. The normalized spacial score (nSPS) is 20.1. The Labute approximate surface area is 286 Å². The van der Waals surface area contributed by atoms with Gasteiger partial charge in [0.05, 0.1) is 25.0 Å². The van der Waals surface area contributed by atoms with Gasteiger partial charge >= 0.3 is 0 Å². The van der Waals surface area contributed by atoms with Crippen LogP contribution in [0.4, 0.5) is 0 Å². The molecule has 0 saturated carbocycles. The van der Waals surface area contributed by atoms with Crippen LogP contribution in [0, 0.1) is 5.92 Å². The molecule has 260 valence electrons. The molecule has 0 unspecified atom stereocenters. The highest BCUT2D eigenvalue weighted by atomic mass is 35.5. The van der Waals surface area contributed by atoms with Crippen LogP contribution < -0.4 is 15.4 Å². The zero-order chi connectivity index (χ0) is 34.3. The van der Waals surface area contributed by atoms with Gasteiger partial charge in [0.1, 0.15) is 17.6 Å². The highest BCUT2D eigenvalue weighted by Crippen LogP contribution is 2.26. The minimum atomic E-state index is -3.75. The number of hydrogen-bond donors (Lipinski definition) is 3. The molecule has 0 bridgehead atoms. The number of sulfonamides is 1. The number of benzene rings is 2. The Balaban J connectivity index is 1.35. The molecule has 3 N–H and O–H groups in total. The number of ketones is 1. The molecule has 2 saturated heterocycles. The lowest BCUT2D eigenvalue weighted by Crippen LogP contribution is -2.55. The third-order valence-electron chi connectivity index (χ3n) is 8.94. The molecule has 14 heteroatoms. The zero-order valence-corrected chi connectivity index (χ0v) is 28.9. The van der Waals surface area contributed by atoms with Crippen molar-refractivity contribution in [1.82, 2.24) is 25.2 Å². The summed E-state index contributed by atoms with van der Waals surface area (Å²) < 4.78 is 39.2. The van der Waals surface area contributed by atoms with E-state index in [9.17, 15) is 22.8 Å². The van der Waals surface area contributed by atoms with Crippen LogP contribution in [0.3, 0.4) is 0 Å². The van der Waals surface area contributed by atoms with E-state index in [0.29, 0.717) is 47.7 Å². The molecule has 12 nitrogen and oxygen atoms in total. The average molecular weight is 702 g/mol. The van der Waals surface area contributed by atoms with Gasteiger partial charge in [-0.05, 0) is 80.9 Å². The number of fused-ring (bicyclic) bond motifs is 1. The summed E-state index contributed by atoms with van der Waals surface area (Å²) in [4.78, 5) is 47.5. The van der Waals surface area contributed by atoms with E-state index in [1.54, 1.807) is 36.4 Å². The van der Waals surface area contributed by atoms with Gasteiger partial charge in [0, 0.05) is 18.0 Å². The lowest BCUT2D eigenvalue weighted by Gasteiger charge is -2.30. The van der Waals surface area contributed by atoms with Crippen molar-refractivity contribution in [2.24, 2.45) is 5.92 Å². The van der Waals surface area contributed by atoms with Gasteiger partial charge in [0.2, 0.25) is 27.6 Å². The molecule has 3 heterocycles. The van der Waals surface area contributed by atoms with Crippen LogP contribution in [0.25, 0.3) is 11.1 Å². The molecule has 0 spiro atoms. The molecular weight excluding hydrogens is 658 g/mol. The van der Waals surface area contributed by atoms with Crippen molar-refractivity contribution in [3.05, 3.63) is 65.0 Å². The Kier molecular flexibility index (Phi) is 12.2. The predicted octanol–water partition coefficient (Wildman–Crippen LogP) is 3.83. The third-order valence-corrected chi connectivity index (χ3v) is 9.90. The van der Waals surface area contributed by atoms with Crippen molar-refractivity contribution >= 4 is 50.3 Å². The number of nitrogens with zero attached hydrogens (tertiary/aromatic N) is 2. The van der Waals surface area contributed by atoms with Gasteiger partial charge in [0.15, 0.2) is 5.58 Å². The maximum absolute atomic E-state index is 14.2. The number of Topliss-reactive ketones (excluding diaryl/α,β-unsaturated/α-hetero) is 1. The van der Waals surface area contributed by atoms with Gasteiger partial charge in [-0.2, -0.15) is 0 Å². The van der Waals surface area contributed by atoms with Crippen molar-refractivity contribution in [3.8, 4) is 0 Å². The first-order valence-corrected chi connectivity index (χ1v) is 18.8. The molecule has 0 radical (unpaired) electrons.